The molecule has 0 aromatic heterocycles. The number of nitrogens with one attached hydrogen (secondary N) is 3. The van der Waals surface area contributed by atoms with Crippen LogP contribution in [0.1, 0.15) is 33.3 Å². The third-order valence-electron chi connectivity index (χ3n) is 3.45. The smallest absolute Gasteiger partial charge is 0.242 e. The fraction of sp³-hybridized carbons (Fsp3) is 0.556. The minimum absolute atomic E-state index is 0. The van der Waals surface area contributed by atoms with Gasteiger partial charge in [0.15, 0.2) is 5.96 Å². The van der Waals surface area contributed by atoms with Crippen LogP contribution in [0, 0.1) is 0 Å². The second-order valence-electron chi connectivity index (χ2n) is 6.93. The van der Waals surface area contributed by atoms with Crippen molar-refractivity contribution >= 4 is 35.8 Å². The highest BCUT2D eigenvalue weighted by Crippen LogP contribution is 2.27. The van der Waals surface area contributed by atoms with Crippen LogP contribution in [0.15, 0.2) is 29.3 Å². The average Bonchev–Trinajstić information content (AvgIpc) is 2.91. The van der Waals surface area contributed by atoms with Gasteiger partial charge in [0.05, 0.1) is 6.54 Å². The summed E-state index contributed by atoms with van der Waals surface area (Å²) in [5, 5.41) is 9.30. The first-order valence-corrected chi connectivity index (χ1v) is 8.45. The molecule has 2 rings (SSSR count). The molecular weight excluding hydrogens is 431 g/mol. The van der Waals surface area contributed by atoms with Gasteiger partial charge in [0, 0.05) is 18.5 Å². The van der Waals surface area contributed by atoms with Gasteiger partial charge < -0.3 is 20.7 Å². The first-order valence-electron chi connectivity index (χ1n) is 8.45. The van der Waals surface area contributed by atoms with Crippen molar-refractivity contribution in [1.29, 1.82) is 0 Å². The maximum Gasteiger partial charge on any atom is 0.242 e. The van der Waals surface area contributed by atoms with Gasteiger partial charge in [0.2, 0.25) is 5.91 Å². The first kappa shape index (κ1) is 21.5. The zero-order chi connectivity index (χ0) is 17.6. The molecule has 1 heterocycles. The number of carbonyl (C=O) groups is 1. The number of benzene rings is 1. The number of hydrogen-bond donors (Lipinski definition) is 3. The minimum Gasteiger partial charge on any atom is -0.488 e. The molecule has 25 heavy (non-hydrogen) atoms. The lowest BCUT2D eigenvalue weighted by Crippen LogP contribution is -2.44. The summed E-state index contributed by atoms with van der Waals surface area (Å²) in [6.45, 7) is 9.32. The predicted molar refractivity (Wildman–Crippen MR) is 112 cm³/mol. The molecule has 7 heteroatoms. The molecule has 6 nitrogen and oxygen atoms in total. The molecule has 1 unspecified atom stereocenters. The van der Waals surface area contributed by atoms with Crippen molar-refractivity contribution in [3.8, 4) is 5.75 Å². The molecule has 1 aliphatic rings. The lowest BCUT2D eigenvalue weighted by Gasteiger charge is -2.20. The van der Waals surface area contributed by atoms with Gasteiger partial charge in [-0.05, 0) is 39.3 Å². The summed E-state index contributed by atoms with van der Waals surface area (Å²) in [6.07, 6.45) is 0.960. The molecule has 0 saturated heterocycles. The van der Waals surface area contributed by atoms with Crippen LogP contribution < -0.4 is 20.7 Å². The van der Waals surface area contributed by atoms with Crippen molar-refractivity contribution < 1.29 is 9.53 Å². The van der Waals surface area contributed by atoms with Gasteiger partial charge in [-0.2, -0.15) is 0 Å². The van der Waals surface area contributed by atoms with E-state index in [1.165, 1.54) is 5.56 Å². The van der Waals surface area contributed by atoms with Gasteiger partial charge >= 0.3 is 0 Å². The van der Waals surface area contributed by atoms with Crippen LogP contribution in [-0.4, -0.2) is 43.1 Å². The zero-order valence-corrected chi connectivity index (χ0v) is 17.7. The third kappa shape index (κ3) is 7.50. The van der Waals surface area contributed by atoms with Crippen molar-refractivity contribution in [2.75, 3.05) is 19.6 Å². The summed E-state index contributed by atoms with van der Waals surface area (Å²) in [6, 6.07) is 8.09. The summed E-state index contributed by atoms with van der Waals surface area (Å²) in [4.78, 5) is 16.2. The highest BCUT2D eigenvalue weighted by molar-refractivity contribution is 14.0. The summed E-state index contributed by atoms with van der Waals surface area (Å²) in [7, 11) is 0. The number of nitrogens with zero attached hydrogens (tertiary/aromatic N) is 1. The second kappa shape index (κ2) is 9.84. The molecule has 3 N–H and O–H groups in total. The number of rotatable bonds is 5. The number of ether oxygens (including phenoxy) is 1. The van der Waals surface area contributed by atoms with Crippen LogP contribution in [0.3, 0.4) is 0 Å². The van der Waals surface area contributed by atoms with Gasteiger partial charge in [-0.3, -0.25) is 4.79 Å². The van der Waals surface area contributed by atoms with Crippen LogP contribution in [0.2, 0.25) is 0 Å². The summed E-state index contributed by atoms with van der Waals surface area (Å²) in [5.41, 5.74) is 0.984. The molecule has 1 aromatic rings. The summed E-state index contributed by atoms with van der Waals surface area (Å²) < 4.78 is 5.90. The van der Waals surface area contributed by atoms with Gasteiger partial charge in [-0.25, -0.2) is 4.99 Å². The van der Waals surface area contributed by atoms with Crippen LogP contribution >= 0.6 is 24.0 Å². The number of hydrogen-bond acceptors (Lipinski definition) is 3. The number of carbonyl (C=O) groups excluding carboxylic acids is 1. The van der Waals surface area contributed by atoms with E-state index in [9.17, 15) is 4.79 Å². The zero-order valence-electron chi connectivity index (χ0n) is 15.4. The monoisotopic (exact) mass is 460 g/mol. The van der Waals surface area contributed by atoms with Crippen molar-refractivity contribution in [1.82, 2.24) is 16.0 Å². The summed E-state index contributed by atoms with van der Waals surface area (Å²) >= 11 is 0. The van der Waals surface area contributed by atoms with Gasteiger partial charge in [-0.1, -0.05) is 18.2 Å². The predicted octanol–water partition coefficient (Wildman–Crippen LogP) is 2.08. The molecule has 0 bridgehead atoms. The van der Waals surface area contributed by atoms with Crippen molar-refractivity contribution in [3.63, 3.8) is 0 Å². The molecule has 0 saturated carbocycles. The molecule has 0 spiro atoms. The van der Waals surface area contributed by atoms with Crippen LogP contribution in [0.5, 0.6) is 5.75 Å². The van der Waals surface area contributed by atoms with E-state index >= 15 is 0 Å². The fourth-order valence-electron chi connectivity index (χ4n) is 2.53. The summed E-state index contributed by atoms with van der Waals surface area (Å²) in [5.74, 6) is 1.49. The largest absolute Gasteiger partial charge is 0.488 e. The Kier molecular flexibility index (Phi) is 8.47. The number of aliphatic imine (C=N–C) groups is 1. The van der Waals surface area contributed by atoms with Gasteiger partial charge in [0.25, 0.3) is 0 Å². The van der Waals surface area contributed by atoms with Crippen molar-refractivity contribution in [3.05, 3.63) is 29.8 Å². The Balaban J connectivity index is 0.00000312. The molecule has 140 valence electrons. The number of halogens is 1. The molecule has 1 amide bonds. The topological polar surface area (TPSA) is 74.8 Å². The maximum atomic E-state index is 11.9. The second-order valence-corrected chi connectivity index (χ2v) is 6.93. The SMILES string of the molecule is CCNC(=NCC(=O)NC(C)(C)C)NCC1Cc2ccccc2O1.I. The maximum absolute atomic E-state index is 11.9. The van der Waals surface area contributed by atoms with Gasteiger partial charge in [0.1, 0.15) is 18.4 Å². The highest BCUT2D eigenvalue weighted by Gasteiger charge is 2.22. The van der Waals surface area contributed by atoms with Crippen LogP contribution in [-0.2, 0) is 11.2 Å². The quantitative estimate of drug-likeness (QED) is 0.358. The lowest BCUT2D eigenvalue weighted by molar-refractivity contribution is -0.121. The Labute approximate surface area is 167 Å². The molecule has 1 aromatic carbocycles. The molecule has 0 radical (unpaired) electrons. The van der Waals surface area contributed by atoms with E-state index in [1.54, 1.807) is 0 Å². The molecule has 1 aliphatic heterocycles. The Hall–Kier alpha value is -1.51. The third-order valence-corrected chi connectivity index (χ3v) is 3.45. The molecule has 1 atom stereocenters. The molecule has 0 fully saturated rings. The first-order chi connectivity index (χ1) is 11.4. The van der Waals surface area contributed by atoms with E-state index in [0.29, 0.717) is 12.5 Å². The Bertz CT molecular complexity index is 574. The van der Waals surface area contributed by atoms with Crippen LogP contribution in [0.4, 0.5) is 0 Å². The van der Waals surface area contributed by atoms with E-state index in [4.69, 9.17) is 4.74 Å². The molecule has 0 aliphatic carbocycles. The van der Waals surface area contributed by atoms with E-state index in [0.717, 1.165) is 18.7 Å². The minimum atomic E-state index is -0.248. The standard InChI is InChI=1S/C18H28N4O2.HI/c1-5-19-17(21-12-16(23)22-18(2,3)4)20-11-14-10-13-8-6-7-9-15(13)24-14;/h6-9,14H,5,10-12H2,1-4H3,(H,22,23)(H2,19,20,21);1H. The molecular formula is C18H29IN4O2. The van der Waals surface area contributed by atoms with E-state index in [-0.39, 0.29) is 48.1 Å². The lowest BCUT2D eigenvalue weighted by atomic mass is 10.1. The number of amides is 1. The highest BCUT2D eigenvalue weighted by atomic mass is 127. The Morgan fingerprint density at radius 2 is 2.00 bits per heavy atom. The number of fused-ring (bicyclic) bond motifs is 1. The number of para-hydroxylation sites is 1. The Morgan fingerprint density at radius 3 is 2.64 bits per heavy atom. The number of guanidine groups is 1. The average molecular weight is 460 g/mol. The fourth-order valence-corrected chi connectivity index (χ4v) is 2.53. The Morgan fingerprint density at radius 1 is 1.28 bits per heavy atom. The van der Waals surface area contributed by atoms with E-state index in [2.05, 4.69) is 27.0 Å². The van der Waals surface area contributed by atoms with Crippen molar-refractivity contribution in [2.45, 2.75) is 45.8 Å². The normalized spacial score (nSPS) is 16.3. The van der Waals surface area contributed by atoms with Gasteiger partial charge in [-0.15, -0.1) is 24.0 Å². The van der Waals surface area contributed by atoms with E-state index < -0.39 is 0 Å². The van der Waals surface area contributed by atoms with Crippen molar-refractivity contribution in [2.24, 2.45) is 4.99 Å². The van der Waals surface area contributed by atoms with E-state index in [1.807, 2.05) is 45.9 Å². The van der Waals surface area contributed by atoms with Crippen LogP contribution in [0.25, 0.3) is 0 Å².